The predicted octanol–water partition coefficient (Wildman–Crippen LogP) is 5.34. The van der Waals surface area contributed by atoms with E-state index in [0.717, 1.165) is 9.79 Å². The van der Waals surface area contributed by atoms with Crippen molar-refractivity contribution in [3.05, 3.63) is 57.8 Å². The van der Waals surface area contributed by atoms with E-state index < -0.39 is 6.10 Å². The van der Waals surface area contributed by atoms with E-state index >= 15 is 0 Å². The average Bonchev–Trinajstić information content (AvgIpc) is 2.36. The zero-order chi connectivity index (χ0) is 14.0. The van der Waals surface area contributed by atoms with Gasteiger partial charge in [0.05, 0.1) is 16.1 Å². The molecule has 5 heteroatoms. The summed E-state index contributed by atoms with van der Waals surface area (Å²) in [5, 5.41) is 10.6. The Kier molecular flexibility index (Phi) is 4.74. The van der Waals surface area contributed by atoms with Crippen LogP contribution in [0.3, 0.4) is 0 Å². The van der Waals surface area contributed by atoms with Gasteiger partial charge >= 0.3 is 0 Å². The highest BCUT2D eigenvalue weighted by molar-refractivity contribution is 7.99. The van der Waals surface area contributed by atoms with Crippen molar-refractivity contribution in [2.75, 3.05) is 0 Å². The molecule has 1 atom stereocenters. The molecule has 1 N–H and O–H groups in total. The van der Waals surface area contributed by atoms with Crippen molar-refractivity contribution in [3.8, 4) is 0 Å². The minimum Gasteiger partial charge on any atom is -0.389 e. The van der Waals surface area contributed by atoms with Crippen molar-refractivity contribution in [3.63, 3.8) is 0 Å². The Bertz CT molecular complexity index is 602. The number of rotatable bonds is 3. The Balaban J connectivity index is 2.35. The van der Waals surface area contributed by atoms with Crippen LogP contribution in [0.1, 0.15) is 18.6 Å². The quantitative estimate of drug-likeness (QED) is 0.825. The Morgan fingerprint density at radius 1 is 1.11 bits per heavy atom. The topological polar surface area (TPSA) is 20.2 Å². The third kappa shape index (κ3) is 3.63. The summed E-state index contributed by atoms with van der Waals surface area (Å²) in [5.74, 6) is -0.366. The van der Waals surface area contributed by atoms with Crippen molar-refractivity contribution in [2.24, 2.45) is 0 Å². The molecule has 0 heterocycles. The lowest BCUT2D eigenvalue weighted by atomic mass is 10.1. The second-order valence-electron chi connectivity index (χ2n) is 4.04. The lowest BCUT2D eigenvalue weighted by molar-refractivity contribution is 0.196. The lowest BCUT2D eigenvalue weighted by Crippen LogP contribution is -1.95. The minimum absolute atomic E-state index is 0.366. The van der Waals surface area contributed by atoms with Crippen LogP contribution in [0.15, 0.2) is 46.2 Å². The van der Waals surface area contributed by atoms with Gasteiger partial charge < -0.3 is 5.11 Å². The molecule has 0 fully saturated rings. The molecular formula is C14H11Cl2FOS. The van der Waals surface area contributed by atoms with Crippen LogP contribution in [0.4, 0.5) is 4.39 Å². The first-order chi connectivity index (χ1) is 8.97. The maximum atomic E-state index is 13.2. The van der Waals surface area contributed by atoms with E-state index in [9.17, 15) is 9.50 Å². The molecule has 0 aliphatic rings. The van der Waals surface area contributed by atoms with E-state index in [4.69, 9.17) is 23.2 Å². The highest BCUT2D eigenvalue weighted by Crippen LogP contribution is 2.36. The van der Waals surface area contributed by atoms with Gasteiger partial charge in [0.15, 0.2) is 0 Å². The Morgan fingerprint density at radius 2 is 1.84 bits per heavy atom. The highest BCUT2D eigenvalue weighted by Gasteiger charge is 2.11. The smallest absolute Gasteiger partial charge is 0.123 e. The molecule has 0 radical (unpaired) electrons. The monoisotopic (exact) mass is 316 g/mol. The van der Waals surface area contributed by atoms with E-state index in [-0.39, 0.29) is 5.82 Å². The summed E-state index contributed by atoms with van der Waals surface area (Å²) in [6.07, 6.45) is -0.735. The summed E-state index contributed by atoms with van der Waals surface area (Å²) in [7, 11) is 0. The molecule has 1 unspecified atom stereocenters. The van der Waals surface area contributed by atoms with Crippen molar-refractivity contribution < 1.29 is 9.50 Å². The normalized spacial score (nSPS) is 12.5. The summed E-state index contributed by atoms with van der Waals surface area (Å²) in [4.78, 5) is 1.66. The SMILES string of the molecule is CC(O)c1cc(F)ccc1Sc1ccc(Cl)c(Cl)c1. The van der Waals surface area contributed by atoms with Gasteiger partial charge in [-0.15, -0.1) is 0 Å². The first-order valence-corrected chi connectivity index (χ1v) is 7.15. The first-order valence-electron chi connectivity index (χ1n) is 5.58. The minimum atomic E-state index is -0.735. The van der Waals surface area contributed by atoms with Gasteiger partial charge in [0.1, 0.15) is 5.82 Å². The van der Waals surface area contributed by atoms with Gasteiger partial charge in [-0.1, -0.05) is 35.0 Å². The molecule has 0 amide bonds. The van der Waals surface area contributed by atoms with Crippen LogP contribution in [0.5, 0.6) is 0 Å². The van der Waals surface area contributed by atoms with Gasteiger partial charge in [-0.2, -0.15) is 0 Å². The number of benzene rings is 2. The Hall–Kier alpha value is -0.740. The molecule has 0 saturated heterocycles. The van der Waals surface area contributed by atoms with Gasteiger partial charge in [0, 0.05) is 9.79 Å². The zero-order valence-electron chi connectivity index (χ0n) is 10.0. The first kappa shape index (κ1) is 14.7. The van der Waals surface area contributed by atoms with Crippen LogP contribution in [-0.4, -0.2) is 5.11 Å². The fraction of sp³-hybridized carbons (Fsp3) is 0.143. The standard InChI is InChI=1S/C14H11Cl2FOS/c1-8(18)11-6-9(17)2-5-14(11)19-10-3-4-12(15)13(16)7-10/h2-8,18H,1H3. The van der Waals surface area contributed by atoms with Gasteiger partial charge in [0.2, 0.25) is 0 Å². The van der Waals surface area contributed by atoms with Crippen LogP contribution in [-0.2, 0) is 0 Å². The number of halogens is 3. The van der Waals surface area contributed by atoms with Crippen LogP contribution in [0, 0.1) is 5.82 Å². The predicted molar refractivity (Wildman–Crippen MR) is 77.6 cm³/mol. The number of aliphatic hydroxyl groups is 1. The molecule has 2 aromatic rings. The lowest BCUT2D eigenvalue weighted by Gasteiger charge is -2.12. The average molecular weight is 317 g/mol. The summed E-state index contributed by atoms with van der Waals surface area (Å²) >= 11 is 13.2. The zero-order valence-corrected chi connectivity index (χ0v) is 12.4. The Morgan fingerprint density at radius 3 is 2.47 bits per heavy atom. The van der Waals surface area contributed by atoms with Gasteiger partial charge in [-0.3, -0.25) is 0 Å². The third-order valence-corrected chi connectivity index (χ3v) is 4.36. The molecule has 0 aromatic heterocycles. The van der Waals surface area contributed by atoms with Crippen LogP contribution < -0.4 is 0 Å². The van der Waals surface area contributed by atoms with Crippen molar-refractivity contribution in [1.82, 2.24) is 0 Å². The molecule has 2 aromatic carbocycles. The number of aliphatic hydroxyl groups excluding tert-OH is 1. The van der Waals surface area contributed by atoms with Crippen LogP contribution in [0.2, 0.25) is 10.0 Å². The summed E-state index contributed by atoms with van der Waals surface area (Å²) in [6, 6.07) is 9.62. The summed E-state index contributed by atoms with van der Waals surface area (Å²) in [6.45, 7) is 1.60. The molecule has 1 nitrogen and oxygen atoms in total. The molecule has 0 aliphatic heterocycles. The van der Waals surface area contributed by atoms with E-state index in [2.05, 4.69) is 0 Å². The number of hydrogen-bond donors (Lipinski definition) is 1. The van der Waals surface area contributed by atoms with E-state index in [0.29, 0.717) is 15.6 Å². The van der Waals surface area contributed by atoms with Gasteiger partial charge in [-0.05, 0) is 48.9 Å². The highest BCUT2D eigenvalue weighted by atomic mass is 35.5. The van der Waals surface area contributed by atoms with Crippen LogP contribution in [0.25, 0.3) is 0 Å². The van der Waals surface area contributed by atoms with Crippen molar-refractivity contribution >= 4 is 35.0 Å². The molecular weight excluding hydrogens is 306 g/mol. The fourth-order valence-electron chi connectivity index (χ4n) is 1.61. The third-order valence-electron chi connectivity index (χ3n) is 2.54. The Labute approximate surface area is 125 Å². The molecule has 19 heavy (non-hydrogen) atoms. The second kappa shape index (κ2) is 6.14. The van der Waals surface area contributed by atoms with Crippen LogP contribution >= 0.6 is 35.0 Å². The second-order valence-corrected chi connectivity index (χ2v) is 5.97. The maximum absolute atomic E-state index is 13.2. The maximum Gasteiger partial charge on any atom is 0.123 e. The molecule has 0 spiro atoms. The fourth-order valence-corrected chi connectivity index (χ4v) is 3.02. The molecule has 100 valence electrons. The molecule has 0 bridgehead atoms. The summed E-state index contributed by atoms with van der Waals surface area (Å²) < 4.78 is 13.2. The van der Waals surface area contributed by atoms with Gasteiger partial charge in [-0.25, -0.2) is 4.39 Å². The molecule has 0 saturated carbocycles. The summed E-state index contributed by atoms with van der Waals surface area (Å²) in [5.41, 5.74) is 0.552. The van der Waals surface area contributed by atoms with E-state index in [1.165, 1.54) is 23.9 Å². The van der Waals surface area contributed by atoms with E-state index in [1.54, 1.807) is 25.1 Å². The van der Waals surface area contributed by atoms with Crippen molar-refractivity contribution in [1.29, 1.82) is 0 Å². The van der Waals surface area contributed by atoms with Crippen molar-refractivity contribution in [2.45, 2.75) is 22.8 Å². The molecule has 2 rings (SSSR count). The molecule has 0 aliphatic carbocycles. The van der Waals surface area contributed by atoms with Gasteiger partial charge in [0.25, 0.3) is 0 Å². The van der Waals surface area contributed by atoms with E-state index in [1.807, 2.05) is 6.07 Å². The number of hydrogen-bond acceptors (Lipinski definition) is 2. The largest absolute Gasteiger partial charge is 0.389 e.